The number of likely N-dealkylation sites (tertiary alicyclic amines) is 1. The lowest BCUT2D eigenvalue weighted by atomic mass is 10.3. The van der Waals surface area contributed by atoms with Crippen molar-refractivity contribution in [2.45, 2.75) is 25.0 Å². The third-order valence-electron chi connectivity index (χ3n) is 3.14. The predicted molar refractivity (Wildman–Crippen MR) is 85.5 cm³/mol. The molecule has 1 saturated heterocycles. The zero-order chi connectivity index (χ0) is 14.5. The third kappa shape index (κ3) is 3.93. The monoisotopic (exact) mass is 312 g/mol. The quantitative estimate of drug-likeness (QED) is 0.868. The molecule has 1 aliphatic heterocycles. The molecule has 0 aromatic heterocycles. The van der Waals surface area contributed by atoms with Gasteiger partial charge in [-0.3, -0.25) is 4.79 Å². The highest BCUT2D eigenvalue weighted by Crippen LogP contribution is 2.22. The molecule has 0 saturated carbocycles. The van der Waals surface area contributed by atoms with Crippen molar-refractivity contribution in [2.24, 2.45) is 0 Å². The van der Waals surface area contributed by atoms with Gasteiger partial charge < -0.3 is 10.2 Å². The van der Waals surface area contributed by atoms with Gasteiger partial charge in [0.15, 0.2) is 0 Å². The fourth-order valence-corrected chi connectivity index (χ4v) is 3.39. The van der Waals surface area contributed by atoms with Crippen molar-refractivity contribution in [2.75, 3.05) is 18.4 Å². The molecular formula is C14H17FN2OS2. The van der Waals surface area contributed by atoms with E-state index in [2.05, 4.69) is 10.2 Å². The van der Waals surface area contributed by atoms with Crippen LogP contribution in [0.25, 0.3) is 0 Å². The first-order valence-corrected chi connectivity index (χ1v) is 7.87. The van der Waals surface area contributed by atoms with E-state index in [1.165, 1.54) is 17.8 Å². The Kier molecular flexibility index (Phi) is 5.37. The van der Waals surface area contributed by atoms with Gasteiger partial charge in [-0.15, -0.1) is 0 Å². The summed E-state index contributed by atoms with van der Waals surface area (Å²) in [6.07, 6.45) is 2.30. The van der Waals surface area contributed by atoms with Crippen molar-refractivity contribution in [1.82, 2.24) is 4.90 Å². The Morgan fingerprint density at radius 3 is 2.70 bits per heavy atom. The molecule has 1 atom stereocenters. The molecule has 0 aliphatic carbocycles. The molecule has 6 heteroatoms. The molecule has 1 aromatic carbocycles. The molecule has 1 aliphatic rings. The van der Waals surface area contributed by atoms with Crippen LogP contribution < -0.4 is 5.32 Å². The van der Waals surface area contributed by atoms with Crippen LogP contribution in [0.1, 0.15) is 19.8 Å². The Morgan fingerprint density at radius 2 is 2.05 bits per heavy atom. The summed E-state index contributed by atoms with van der Waals surface area (Å²) < 4.78 is 14.2. The number of amides is 1. The van der Waals surface area contributed by atoms with Gasteiger partial charge in [0.1, 0.15) is 10.1 Å². The maximum Gasteiger partial charge on any atom is 0.237 e. The second kappa shape index (κ2) is 7.04. The lowest BCUT2D eigenvalue weighted by molar-refractivity contribution is -0.115. The average molecular weight is 312 g/mol. The number of hydrogen-bond acceptors (Lipinski definition) is 3. The predicted octanol–water partition coefficient (Wildman–Crippen LogP) is 3.27. The number of thiocarbonyl (C=S) groups is 1. The van der Waals surface area contributed by atoms with E-state index >= 15 is 0 Å². The Hall–Kier alpha value is -1.14. The maximum absolute atomic E-state index is 13.5. The second-order valence-electron chi connectivity index (χ2n) is 4.69. The van der Waals surface area contributed by atoms with E-state index in [4.69, 9.17) is 12.2 Å². The number of anilines is 1. The smallest absolute Gasteiger partial charge is 0.237 e. The van der Waals surface area contributed by atoms with Crippen LogP contribution in [-0.2, 0) is 4.79 Å². The first kappa shape index (κ1) is 15.3. The van der Waals surface area contributed by atoms with E-state index < -0.39 is 5.82 Å². The molecule has 20 heavy (non-hydrogen) atoms. The van der Waals surface area contributed by atoms with E-state index in [1.807, 2.05) is 0 Å². The van der Waals surface area contributed by atoms with Crippen LogP contribution in [0.2, 0.25) is 0 Å². The van der Waals surface area contributed by atoms with Crippen molar-refractivity contribution in [3.05, 3.63) is 30.1 Å². The summed E-state index contributed by atoms with van der Waals surface area (Å²) in [5, 5.41) is 2.25. The number of nitrogens with one attached hydrogen (secondary N) is 1. The highest BCUT2D eigenvalue weighted by atomic mass is 32.2. The van der Waals surface area contributed by atoms with Gasteiger partial charge in [-0.05, 0) is 31.9 Å². The summed E-state index contributed by atoms with van der Waals surface area (Å²) in [6.45, 7) is 3.71. The molecule has 1 aromatic rings. The van der Waals surface area contributed by atoms with Gasteiger partial charge in [0, 0.05) is 13.1 Å². The summed E-state index contributed by atoms with van der Waals surface area (Å²) in [6, 6.07) is 6.14. The number of para-hydroxylation sites is 1. The Labute approximate surface area is 127 Å². The van der Waals surface area contributed by atoms with E-state index in [-0.39, 0.29) is 16.8 Å². The molecule has 3 nitrogen and oxygen atoms in total. The molecule has 2 rings (SSSR count). The minimum Gasteiger partial charge on any atom is -0.358 e. The van der Waals surface area contributed by atoms with Crippen LogP contribution >= 0.6 is 24.0 Å². The van der Waals surface area contributed by atoms with Gasteiger partial charge in [0.05, 0.1) is 10.9 Å². The molecule has 0 bridgehead atoms. The SMILES string of the molecule is C[C@@H](SC(=S)N1CCCC1)C(=O)Nc1ccccc1F. The molecule has 1 amide bonds. The molecule has 1 fully saturated rings. The highest BCUT2D eigenvalue weighted by molar-refractivity contribution is 8.23. The number of halogens is 1. The van der Waals surface area contributed by atoms with E-state index in [1.54, 1.807) is 25.1 Å². The number of hydrogen-bond donors (Lipinski definition) is 1. The van der Waals surface area contributed by atoms with E-state index in [0.29, 0.717) is 0 Å². The van der Waals surface area contributed by atoms with Gasteiger partial charge in [0.25, 0.3) is 0 Å². The molecule has 0 spiro atoms. The summed E-state index contributed by atoms with van der Waals surface area (Å²) >= 11 is 6.69. The summed E-state index contributed by atoms with van der Waals surface area (Å²) in [4.78, 5) is 14.2. The molecule has 0 radical (unpaired) electrons. The van der Waals surface area contributed by atoms with Gasteiger partial charge in [0.2, 0.25) is 5.91 Å². The summed E-state index contributed by atoms with van der Waals surface area (Å²) in [5.74, 6) is -0.665. The minimum atomic E-state index is -0.430. The summed E-state index contributed by atoms with van der Waals surface area (Å²) in [7, 11) is 0. The van der Waals surface area contributed by atoms with Crippen molar-refractivity contribution >= 4 is 39.9 Å². The number of benzene rings is 1. The zero-order valence-corrected chi connectivity index (χ0v) is 12.9. The fraction of sp³-hybridized carbons (Fsp3) is 0.429. The van der Waals surface area contributed by atoms with Crippen LogP contribution in [-0.4, -0.2) is 33.5 Å². The van der Waals surface area contributed by atoms with E-state index in [9.17, 15) is 9.18 Å². The average Bonchev–Trinajstić information content (AvgIpc) is 2.95. The van der Waals surface area contributed by atoms with Crippen LogP contribution in [0.15, 0.2) is 24.3 Å². The van der Waals surface area contributed by atoms with Gasteiger partial charge in [-0.1, -0.05) is 36.1 Å². The molecule has 1 N–H and O–H groups in total. The number of carbonyl (C=O) groups is 1. The topological polar surface area (TPSA) is 32.3 Å². The zero-order valence-electron chi connectivity index (χ0n) is 11.3. The third-order valence-corrected chi connectivity index (χ3v) is 4.72. The van der Waals surface area contributed by atoms with Crippen molar-refractivity contribution in [1.29, 1.82) is 0 Å². The molecular weight excluding hydrogens is 295 g/mol. The Bertz CT molecular complexity index is 504. The first-order chi connectivity index (χ1) is 9.58. The number of thioether (sulfide) groups is 1. The van der Waals surface area contributed by atoms with Gasteiger partial charge >= 0.3 is 0 Å². The van der Waals surface area contributed by atoms with Crippen molar-refractivity contribution in [3.8, 4) is 0 Å². The minimum absolute atomic E-state index is 0.206. The fourth-order valence-electron chi connectivity index (χ4n) is 1.98. The Morgan fingerprint density at radius 1 is 1.40 bits per heavy atom. The number of carbonyl (C=O) groups excluding carboxylic acids is 1. The largest absolute Gasteiger partial charge is 0.358 e. The maximum atomic E-state index is 13.5. The lowest BCUT2D eigenvalue weighted by Crippen LogP contribution is -2.29. The van der Waals surface area contributed by atoms with Gasteiger partial charge in [-0.25, -0.2) is 4.39 Å². The molecule has 108 valence electrons. The standard InChI is InChI=1S/C14H17FN2OS2/c1-10(20-14(19)17-8-4-5-9-17)13(18)16-12-7-3-2-6-11(12)15/h2-3,6-7,10H,4-5,8-9H2,1H3,(H,16,18)/t10-/m1/s1. The second-order valence-corrected chi connectivity index (χ2v) is 6.66. The Balaban J connectivity index is 1.88. The molecule has 0 unspecified atom stereocenters. The number of nitrogens with zero attached hydrogens (tertiary/aromatic N) is 1. The lowest BCUT2D eigenvalue weighted by Gasteiger charge is -2.20. The van der Waals surface area contributed by atoms with Gasteiger partial charge in [-0.2, -0.15) is 0 Å². The van der Waals surface area contributed by atoms with Crippen LogP contribution in [0.3, 0.4) is 0 Å². The van der Waals surface area contributed by atoms with Crippen molar-refractivity contribution < 1.29 is 9.18 Å². The first-order valence-electron chi connectivity index (χ1n) is 6.59. The summed E-state index contributed by atoms with van der Waals surface area (Å²) in [5.41, 5.74) is 0.206. The van der Waals surface area contributed by atoms with Crippen LogP contribution in [0.4, 0.5) is 10.1 Å². The normalized spacial score (nSPS) is 16.0. The highest BCUT2D eigenvalue weighted by Gasteiger charge is 2.21. The van der Waals surface area contributed by atoms with Crippen molar-refractivity contribution in [3.63, 3.8) is 0 Å². The molecule has 1 heterocycles. The van der Waals surface area contributed by atoms with Crippen LogP contribution in [0.5, 0.6) is 0 Å². The van der Waals surface area contributed by atoms with E-state index in [0.717, 1.165) is 30.3 Å². The number of rotatable bonds is 3. The van der Waals surface area contributed by atoms with Crippen LogP contribution in [0, 0.1) is 5.82 Å².